The fourth-order valence-electron chi connectivity index (χ4n) is 2.83. The Labute approximate surface area is 151 Å². The number of carbonyl (C=O) groups excluding carboxylic acids is 1. The minimum absolute atomic E-state index is 0.175. The summed E-state index contributed by atoms with van der Waals surface area (Å²) in [6.07, 6.45) is 0. The molecule has 0 bridgehead atoms. The predicted molar refractivity (Wildman–Crippen MR) is 99.5 cm³/mol. The van der Waals surface area contributed by atoms with Crippen LogP contribution < -0.4 is 10.5 Å². The first-order valence-corrected chi connectivity index (χ1v) is 8.52. The first kappa shape index (κ1) is 17.8. The zero-order chi connectivity index (χ0) is 18.7. The van der Waals surface area contributed by atoms with E-state index >= 15 is 0 Å². The first-order valence-electron chi connectivity index (χ1n) is 8.52. The average Bonchev–Trinajstić information content (AvgIpc) is 2.97. The zero-order valence-corrected chi connectivity index (χ0v) is 15.1. The normalized spacial score (nSPS) is 12.1. The zero-order valence-electron chi connectivity index (χ0n) is 15.1. The third-order valence-electron chi connectivity index (χ3n) is 4.36. The monoisotopic (exact) mass is 354 g/mol. The number of para-hydroxylation sites is 2. The van der Waals surface area contributed by atoms with Crippen LogP contribution in [0.4, 0.5) is 0 Å². The van der Waals surface area contributed by atoms with Crippen molar-refractivity contribution in [1.82, 2.24) is 9.47 Å². The second-order valence-electron chi connectivity index (χ2n) is 6.30. The molecule has 6 heteroatoms. The van der Waals surface area contributed by atoms with E-state index in [2.05, 4.69) is 0 Å². The molecule has 1 aromatic heterocycles. The summed E-state index contributed by atoms with van der Waals surface area (Å²) in [5.41, 5.74) is 2.25. The molecule has 0 fully saturated rings. The van der Waals surface area contributed by atoms with Gasteiger partial charge in [0, 0.05) is 7.05 Å². The van der Waals surface area contributed by atoms with Crippen LogP contribution in [0, 0.1) is 6.92 Å². The third kappa shape index (κ3) is 3.64. The van der Waals surface area contributed by atoms with Gasteiger partial charge in [-0.2, -0.15) is 0 Å². The summed E-state index contributed by atoms with van der Waals surface area (Å²) in [6.45, 7) is 4.50. The first-order chi connectivity index (χ1) is 12.5. The Kier molecular flexibility index (Phi) is 5.11. The summed E-state index contributed by atoms with van der Waals surface area (Å²) >= 11 is 0. The van der Waals surface area contributed by atoms with Gasteiger partial charge in [0.15, 0.2) is 5.58 Å². The number of hydrogen-bond acceptors (Lipinski definition) is 4. The van der Waals surface area contributed by atoms with Gasteiger partial charge >= 0.3 is 5.76 Å². The number of benzene rings is 2. The highest BCUT2D eigenvalue weighted by Gasteiger charge is 2.23. The molecule has 1 heterocycles. The molecule has 0 saturated carbocycles. The number of aryl methyl sites for hydroxylation is 1. The number of nitrogens with zero attached hydrogens (tertiary/aromatic N) is 2. The van der Waals surface area contributed by atoms with E-state index in [4.69, 9.17) is 9.15 Å². The maximum absolute atomic E-state index is 12.7. The molecule has 0 aliphatic rings. The topological polar surface area (TPSA) is 64.7 Å². The Morgan fingerprint density at radius 2 is 1.88 bits per heavy atom. The highest BCUT2D eigenvalue weighted by molar-refractivity contribution is 5.82. The molecule has 0 radical (unpaired) electrons. The molecule has 0 saturated heterocycles. The van der Waals surface area contributed by atoms with Crippen molar-refractivity contribution in [3.8, 4) is 5.75 Å². The van der Waals surface area contributed by atoms with Crippen LogP contribution in [0.5, 0.6) is 5.75 Å². The molecule has 1 unspecified atom stereocenters. The van der Waals surface area contributed by atoms with Gasteiger partial charge in [-0.3, -0.25) is 9.36 Å². The number of oxazole rings is 1. The lowest BCUT2D eigenvalue weighted by molar-refractivity contribution is -0.133. The van der Waals surface area contributed by atoms with Crippen LogP contribution in [-0.2, 0) is 4.79 Å². The van der Waals surface area contributed by atoms with E-state index in [1.165, 1.54) is 4.57 Å². The number of aromatic nitrogens is 1. The Morgan fingerprint density at radius 1 is 1.19 bits per heavy atom. The molecule has 6 nitrogen and oxygen atoms in total. The van der Waals surface area contributed by atoms with Gasteiger partial charge in [0.05, 0.1) is 12.1 Å². The fraction of sp³-hybridized carbons (Fsp3) is 0.300. The maximum atomic E-state index is 12.7. The molecular weight excluding hydrogens is 332 g/mol. The Morgan fingerprint density at radius 3 is 2.62 bits per heavy atom. The summed E-state index contributed by atoms with van der Waals surface area (Å²) in [4.78, 5) is 26.4. The van der Waals surface area contributed by atoms with Crippen molar-refractivity contribution in [3.05, 3.63) is 64.6 Å². The number of carbonyl (C=O) groups is 1. The Balaban J connectivity index is 1.64. The van der Waals surface area contributed by atoms with E-state index in [1.54, 1.807) is 37.1 Å². The minimum Gasteiger partial charge on any atom is -0.492 e. The van der Waals surface area contributed by atoms with E-state index < -0.39 is 11.8 Å². The second kappa shape index (κ2) is 7.47. The summed E-state index contributed by atoms with van der Waals surface area (Å²) in [6, 6.07) is 14.2. The van der Waals surface area contributed by atoms with Gasteiger partial charge in [-0.15, -0.1) is 0 Å². The van der Waals surface area contributed by atoms with E-state index in [0.717, 1.165) is 11.3 Å². The van der Waals surface area contributed by atoms with Crippen LogP contribution in [0.3, 0.4) is 0 Å². The van der Waals surface area contributed by atoms with Gasteiger partial charge in [-0.1, -0.05) is 29.8 Å². The van der Waals surface area contributed by atoms with Crippen LogP contribution >= 0.6 is 0 Å². The Hall–Kier alpha value is -3.02. The number of fused-ring (bicyclic) bond motifs is 1. The summed E-state index contributed by atoms with van der Waals surface area (Å²) in [5, 5.41) is 0. The van der Waals surface area contributed by atoms with Crippen molar-refractivity contribution in [2.24, 2.45) is 0 Å². The fourth-order valence-corrected chi connectivity index (χ4v) is 2.83. The molecule has 0 N–H and O–H groups in total. The molecule has 0 aliphatic carbocycles. The second-order valence-corrected chi connectivity index (χ2v) is 6.30. The van der Waals surface area contributed by atoms with Crippen molar-refractivity contribution in [3.63, 3.8) is 0 Å². The summed E-state index contributed by atoms with van der Waals surface area (Å²) in [7, 11) is 1.70. The van der Waals surface area contributed by atoms with Crippen LogP contribution in [0.1, 0.15) is 18.5 Å². The molecule has 2 aromatic carbocycles. The standard InChI is InChI=1S/C20H22N2O4/c1-14-8-10-16(11-9-14)25-13-12-21(3)19(23)15(2)22-17-6-4-5-7-18(17)26-20(22)24/h4-11,15H,12-13H2,1-3H3. The van der Waals surface area contributed by atoms with Crippen LogP contribution in [0.25, 0.3) is 11.1 Å². The van der Waals surface area contributed by atoms with E-state index in [9.17, 15) is 9.59 Å². The molecule has 136 valence electrons. The van der Waals surface area contributed by atoms with Crippen molar-refractivity contribution in [2.75, 3.05) is 20.2 Å². The van der Waals surface area contributed by atoms with E-state index in [-0.39, 0.29) is 5.91 Å². The lowest BCUT2D eigenvalue weighted by Crippen LogP contribution is -2.38. The van der Waals surface area contributed by atoms with Crippen molar-refractivity contribution in [1.29, 1.82) is 0 Å². The van der Waals surface area contributed by atoms with Crippen LogP contribution in [-0.4, -0.2) is 35.6 Å². The van der Waals surface area contributed by atoms with Gasteiger partial charge < -0.3 is 14.1 Å². The van der Waals surface area contributed by atoms with Gasteiger partial charge in [0.25, 0.3) is 0 Å². The highest BCUT2D eigenvalue weighted by Crippen LogP contribution is 2.18. The number of amides is 1. The van der Waals surface area contributed by atoms with E-state index in [0.29, 0.717) is 24.3 Å². The van der Waals surface area contributed by atoms with Crippen molar-refractivity contribution in [2.45, 2.75) is 19.9 Å². The van der Waals surface area contributed by atoms with Gasteiger partial charge in [-0.25, -0.2) is 4.79 Å². The molecule has 1 amide bonds. The molecule has 1 atom stereocenters. The lowest BCUT2D eigenvalue weighted by Gasteiger charge is -2.22. The molecule has 0 aliphatic heterocycles. The Bertz CT molecular complexity index is 956. The van der Waals surface area contributed by atoms with Gasteiger partial charge in [0.2, 0.25) is 5.91 Å². The predicted octanol–water partition coefficient (Wildman–Crippen LogP) is 3.00. The minimum atomic E-state index is -0.657. The summed E-state index contributed by atoms with van der Waals surface area (Å²) in [5.74, 6) is 0.0593. The average molecular weight is 354 g/mol. The third-order valence-corrected chi connectivity index (χ3v) is 4.36. The largest absolute Gasteiger partial charge is 0.492 e. The number of likely N-dealkylation sites (N-methyl/N-ethyl adjacent to an activating group) is 1. The molecular formula is C20H22N2O4. The number of rotatable bonds is 6. The molecule has 3 rings (SSSR count). The SMILES string of the molecule is Cc1ccc(OCCN(C)C(=O)C(C)n2c(=O)oc3ccccc32)cc1. The smallest absolute Gasteiger partial charge is 0.420 e. The quantitative estimate of drug-likeness (QED) is 0.683. The molecule has 0 spiro atoms. The molecule has 26 heavy (non-hydrogen) atoms. The maximum Gasteiger partial charge on any atom is 0.420 e. The number of ether oxygens (including phenoxy) is 1. The van der Waals surface area contributed by atoms with Gasteiger partial charge in [0.1, 0.15) is 18.4 Å². The highest BCUT2D eigenvalue weighted by atomic mass is 16.5. The van der Waals surface area contributed by atoms with E-state index in [1.807, 2.05) is 37.3 Å². The van der Waals surface area contributed by atoms with Crippen molar-refractivity contribution >= 4 is 17.0 Å². The molecule has 3 aromatic rings. The van der Waals surface area contributed by atoms with Crippen LogP contribution in [0.15, 0.2) is 57.7 Å². The van der Waals surface area contributed by atoms with Crippen molar-refractivity contribution < 1.29 is 13.9 Å². The van der Waals surface area contributed by atoms with Gasteiger partial charge in [-0.05, 0) is 38.1 Å². The van der Waals surface area contributed by atoms with Crippen LogP contribution in [0.2, 0.25) is 0 Å². The summed E-state index contributed by atoms with van der Waals surface area (Å²) < 4.78 is 12.3. The lowest BCUT2D eigenvalue weighted by atomic mass is 10.2. The number of hydrogen-bond donors (Lipinski definition) is 0.